The maximum atomic E-state index is 12.8. The average Bonchev–Trinajstić information content (AvgIpc) is 3.44. The van der Waals surface area contributed by atoms with Gasteiger partial charge in [-0.05, 0) is 35.1 Å². The van der Waals surface area contributed by atoms with Crippen LogP contribution in [0.5, 0.6) is 0 Å². The van der Waals surface area contributed by atoms with Crippen molar-refractivity contribution in [1.82, 2.24) is 0 Å². The maximum absolute atomic E-state index is 12.8. The Labute approximate surface area is 253 Å². The third kappa shape index (κ3) is 5.97. The van der Waals surface area contributed by atoms with Crippen LogP contribution in [0.3, 0.4) is 0 Å². The molecule has 0 unspecified atom stereocenters. The van der Waals surface area contributed by atoms with Crippen LogP contribution in [0.15, 0.2) is 121 Å². The van der Waals surface area contributed by atoms with Crippen LogP contribution in [0.1, 0.15) is 48.9 Å². The summed E-state index contributed by atoms with van der Waals surface area (Å²) in [5.74, 6) is -0.968. The van der Waals surface area contributed by atoms with Gasteiger partial charge in [0.25, 0.3) is 0 Å². The molecule has 7 heteroatoms. The second kappa shape index (κ2) is 13.8. The average molecular weight is 613 g/mol. The van der Waals surface area contributed by atoms with Crippen molar-refractivity contribution in [3.8, 4) is 0 Å². The molecule has 2 atom stereocenters. The van der Waals surface area contributed by atoms with Crippen molar-refractivity contribution in [2.24, 2.45) is 0 Å². The van der Waals surface area contributed by atoms with Crippen molar-refractivity contribution in [1.29, 1.82) is 0 Å². The molecule has 0 aliphatic carbocycles. The summed E-state index contributed by atoms with van der Waals surface area (Å²) in [5.41, 5.74) is -0.511. The van der Waals surface area contributed by atoms with Crippen molar-refractivity contribution in [2.45, 2.75) is 55.9 Å². The Balaban J connectivity index is 0.00000118. The molecule has 4 aromatic rings. The van der Waals surface area contributed by atoms with Gasteiger partial charge < -0.3 is 19.7 Å². The molecule has 1 heterocycles. The summed E-state index contributed by atoms with van der Waals surface area (Å²) in [6, 6.07) is 38.1. The number of rotatable bonds is 8. The molecule has 4 nitrogen and oxygen atoms in total. The quantitative estimate of drug-likeness (QED) is 0.202. The molecule has 1 aliphatic heterocycles. The molecule has 1 aliphatic rings. The molecule has 0 amide bonds. The molecule has 0 saturated carbocycles. The summed E-state index contributed by atoms with van der Waals surface area (Å²) in [6.07, 6.45) is -0.726. The van der Waals surface area contributed by atoms with E-state index in [-0.39, 0.29) is 0 Å². The van der Waals surface area contributed by atoms with E-state index in [4.69, 9.17) is 28.1 Å². The predicted octanol–water partition coefficient (Wildman–Crippen LogP) is 7.54. The summed E-state index contributed by atoms with van der Waals surface area (Å²) in [6.45, 7) is 4.02. The van der Waals surface area contributed by atoms with Gasteiger partial charge in [-0.3, -0.25) is 0 Å². The number of ether oxygens (including phenoxy) is 2. The van der Waals surface area contributed by atoms with Crippen LogP contribution in [-0.4, -0.2) is 28.2 Å². The minimum absolute atomic E-state index is 0.556. The van der Waals surface area contributed by atoms with Gasteiger partial charge in [-0.15, -0.1) is 0 Å². The number of benzene rings is 4. The monoisotopic (exact) mass is 612 g/mol. The fourth-order valence-electron chi connectivity index (χ4n) is 5.57. The molecule has 0 bridgehead atoms. The molecule has 4 aromatic carbocycles. The van der Waals surface area contributed by atoms with Gasteiger partial charge in [-0.25, -0.2) is 0 Å². The second-order valence-corrected chi connectivity index (χ2v) is 12.3. The fourth-order valence-corrected chi connectivity index (χ4v) is 5.57. The van der Waals surface area contributed by atoms with Gasteiger partial charge in [0.05, 0.1) is 0 Å². The van der Waals surface area contributed by atoms with Gasteiger partial charge >= 0.3 is 35.6 Å². The number of hydrogen-bond donors (Lipinski definition) is 2. The van der Waals surface area contributed by atoms with Crippen LogP contribution >= 0.6 is 18.6 Å². The van der Waals surface area contributed by atoms with Crippen molar-refractivity contribution < 1.29 is 36.7 Å². The fraction of sp³-hybridized carbons (Fsp3) is 0.273. The van der Waals surface area contributed by atoms with Crippen LogP contribution < -0.4 is 0 Å². The summed E-state index contributed by atoms with van der Waals surface area (Å²) in [7, 11) is 9.78. The Morgan fingerprint density at radius 2 is 0.800 bits per heavy atom. The Morgan fingerprint density at radius 1 is 0.575 bits per heavy atom. The number of hydrogen-bond acceptors (Lipinski definition) is 4. The zero-order valence-electron chi connectivity index (χ0n) is 22.6. The van der Waals surface area contributed by atoms with Crippen LogP contribution in [0.25, 0.3) is 0 Å². The Bertz CT molecular complexity index is 1130. The SMILES string of the molecule is CCC1(CC)O[C@@H](C(O)(c2ccccc2)c2ccccc2)[C@H](C(O)(c2ccccc2)c2ccccc2)O1.[Cl][Ti][Cl]. The van der Waals surface area contributed by atoms with E-state index in [2.05, 4.69) is 0 Å². The predicted molar refractivity (Wildman–Crippen MR) is 157 cm³/mol. The minimum atomic E-state index is -1.60. The van der Waals surface area contributed by atoms with Crippen molar-refractivity contribution in [3.63, 3.8) is 0 Å². The van der Waals surface area contributed by atoms with Crippen molar-refractivity contribution >= 4 is 18.6 Å². The van der Waals surface area contributed by atoms with Gasteiger partial charge in [0, 0.05) is 0 Å². The van der Waals surface area contributed by atoms with E-state index in [1.807, 2.05) is 135 Å². The van der Waals surface area contributed by atoms with Crippen molar-refractivity contribution in [3.05, 3.63) is 144 Å². The molecule has 0 radical (unpaired) electrons. The third-order valence-electron chi connectivity index (χ3n) is 7.71. The zero-order valence-corrected chi connectivity index (χ0v) is 25.7. The zero-order chi connectivity index (χ0) is 28.6. The molecule has 40 heavy (non-hydrogen) atoms. The Morgan fingerprint density at radius 3 is 1.00 bits per heavy atom. The molecule has 2 N–H and O–H groups in total. The van der Waals surface area contributed by atoms with Crippen LogP contribution in [-0.2, 0) is 37.7 Å². The molecular formula is C33H34Cl2O4Ti. The van der Waals surface area contributed by atoms with Gasteiger partial charge in [-0.2, -0.15) is 0 Å². The van der Waals surface area contributed by atoms with Gasteiger partial charge in [0.15, 0.2) is 5.79 Å². The molecule has 5 rings (SSSR count). The molecule has 0 spiro atoms. The van der Waals surface area contributed by atoms with Gasteiger partial charge in [-0.1, -0.05) is 135 Å². The summed E-state index contributed by atoms with van der Waals surface area (Å²) in [5, 5.41) is 25.6. The van der Waals surface area contributed by atoms with Gasteiger partial charge in [0.1, 0.15) is 23.4 Å². The Kier molecular flexibility index (Phi) is 10.7. The van der Waals surface area contributed by atoms with E-state index in [1.54, 1.807) is 0 Å². The first-order valence-corrected chi connectivity index (χ1v) is 17.7. The number of aliphatic hydroxyl groups is 2. The summed E-state index contributed by atoms with van der Waals surface area (Å²) < 4.78 is 13.6. The van der Waals surface area contributed by atoms with E-state index in [0.717, 1.165) is 0 Å². The van der Waals surface area contributed by atoms with Crippen LogP contribution in [0.2, 0.25) is 0 Å². The molecule has 208 valence electrons. The van der Waals surface area contributed by atoms with Crippen LogP contribution in [0.4, 0.5) is 0 Å². The standard InChI is InChI=1S/C33H34O4.2ClH.Ti/c1-3-31(4-2)36-29(32(34,25-17-9-5-10-18-25)26-19-11-6-12-20-26)30(37-31)33(35,27-21-13-7-14-22-27)28-23-15-8-16-24-28;;;/h5-24,29-30,34-35H,3-4H2,1-2H3;2*1H;/q;;;+2/p-2/t29-,30-;;;/m1.../s1. The number of halogens is 2. The summed E-state index contributed by atoms with van der Waals surface area (Å²) >= 11 is -0.556. The first kappa shape index (κ1) is 31.0. The summed E-state index contributed by atoms with van der Waals surface area (Å²) in [4.78, 5) is 0. The first-order chi connectivity index (χ1) is 19.4. The van der Waals surface area contributed by atoms with Crippen LogP contribution in [0, 0.1) is 0 Å². The molecule has 1 fully saturated rings. The third-order valence-corrected chi connectivity index (χ3v) is 7.71. The van der Waals surface area contributed by atoms with Crippen molar-refractivity contribution in [2.75, 3.05) is 0 Å². The normalized spacial score (nSPS) is 18.4. The topological polar surface area (TPSA) is 58.9 Å². The van der Waals surface area contributed by atoms with E-state index in [0.29, 0.717) is 35.1 Å². The Hall–Kier alpha value is -1.99. The van der Waals surface area contributed by atoms with E-state index < -0.39 is 46.2 Å². The first-order valence-electron chi connectivity index (χ1n) is 13.4. The second-order valence-electron chi connectivity index (χ2n) is 9.76. The molecular weight excluding hydrogens is 579 g/mol. The molecule has 0 aromatic heterocycles. The van der Waals surface area contributed by atoms with E-state index in [9.17, 15) is 10.2 Å². The molecule has 1 saturated heterocycles. The van der Waals surface area contributed by atoms with E-state index in [1.165, 1.54) is 0 Å². The van der Waals surface area contributed by atoms with Gasteiger partial charge in [0.2, 0.25) is 0 Å². The van der Waals surface area contributed by atoms with E-state index >= 15 is 0 Å².